The summed E-state index contributed by atoms with van der Waals surface area (Å²) >= 11 is 2.14. The van der Waals surface area contributed by atoms with Crippen LogP contribution >= 0.6 is 22.6 Å². The van der Waals surface area contributed by atoms with Gasteiger partial charge in [-0.15, -0.1) is 0 Å². The molecule has 2 amide bonds. The Morgan fingerprint density at radius 2 is 1.88 bits per heavy atom. The van der Waals surface area contributed by atoms with Crippen LogP contribution in [0, 0.1) is 9.49 Å². The third kappa shape index (κ3) is 6.69. The van der Waals surface area contributed by atoms with E-state index in [9.17, 15) is 14.7 Å². The van der Waals surface area contributed by atoms with E-state index in [1.807, 2.05) is 49.4 Å². The molecule has 0 aliphatic carbocycles. The number of ether oxygens (including phenoxy) is 1. The molecular formula is C25H25IN2O5. The predicted octanol–water partition coefficient (Wildman–Crippen LogP) is 5.92. The number of aromatic hydroxyl groups is 1. The first-order valence-corrected chi connectivity index (χ1v) is 11.5. The highest BCUT2D eigenvalue weighted by molar-refractivity contribution is 14.1. The Hall–Kier alpha value is -3.11. The SMILES string of the molecule is C[C@H](CC/C=C/C(=O)NO)[C@@H](OC(=O)Nc1cccc2ccccc12)c1cc(I)ccc1O. The quantitative estimate of drug-likeness (QED) is 0.119. The predicted molar refractivity (Wildman–Crippen MR) is 135 cm³/mol. The first-order chi connectivity index (χ1) is 15.9. The van der Waals surface area contributed by atoms with Crippen molar-refractivity contribution in [2.45, 2.75) is 25.9 Å². The minimum atomic E-state index is -0.713. The van der Waals surface area contributed by atoms with Crippen LogP contribution in [0.1, 0.15) is 31.4 Å². The Morgan fingerprint density at radius 3 is 2.67 bits per heavy atom. The molecule has 4 N–H and O–H groups in total. The van der Waals surface area contributed by atoms with E-state index in [1.165, 1.54) is 6.08 Å². The van der Waals surface area contributed by atoms with E-state index in [4.69, 9.17) is 9.94 Å². The Bertz CT molecular complexity index is 1160. The van der Waals surface area contributed by atoms with Gasteiger partial charge in [0.25, 0.3) is 5.91 Å². The van der Waals surface area contributed by atoms with Crippen LogP contribution in [-0.2, 0) is 9.53 Å². The van der Waals surface area contributed by atoms with Crippen molar-refractivity contribution >= 4 is 51.1 Å². The summed E-state index contributed by atoms with van der Waals surface area (Å²) in [5, 5.41) is 23.8. The Labute approximate surface area is 205 Å². The second-order valence-electron chi connectivity index (χ2n) is 7.61. The summed E-state index contributed by atoms with van der Waals surface area (Å²) in [5.41, 5.74) is 2.69. The van der Waals surface area contributed by atoms with Gasteiger partial charge in [-0.25, -0.2) is 10.3 Å². The normalized spacial score (nSPS) is 12.9. The van der Waals surface area contributed by atoms with E-state index in [2.05, 4.69) is 27.9 Å². The van der Waals surface area contributed by atoms with Crippen LogP contribution in [0.15, 0.2) is 72.8 Å². The number of phenolic OH excluding ortho intramolecular Hbond substituents is 1. The topological polar surface area (TPSA) is 108 Å². The number of anilines is 1. The van der Waals surface area contributed by atoms with Gasteiger partial charge in [-0.1, -0.05) is 49.4 Å². The highest BCUT2D eigenvalue weighted by Crippen LogP contribution is 2.36. The van der Waals surface area contributed by atoms with Gasteiger partial charge in [-0.2, -0.15) is 0 Å². The zero-order valence-corrected chi connectivity index (χ0v) is 20.2. The van der Waals surface area contributed by atoms with Gasteiger partial charge in [-0.05, 0) is 71.0 Å². The lowest BCUT2D eigenvalue weighted by atomic mass is 9.92. The maximum absolute atomic E-state index is 12.9. The van der Waals surface area contributed by atoms with E-state index in [1.54, 1.807) is 29.8 Å². The average Bonchev–Trinajstić information content (AvgIpc) is 2.82. The molecule has 0 radical (unpaired) electrons. The molecular weight excluding hydrogens is 535 g/mol. The molecule has 3 aromatic carbocycles. The zero-order chi connectivity index (χ0) is 23.8. The summed E-state index contributed by atoms with van der Waals surface area (Å²) < 4.78 is 6.73. The summed E-state index contributed by atoms with van der Waals surface area (Å²) in [6.45, 7) is 1.91. The van der Waals surface area contributed by atoms with E-state index in [0.717, 1.165) is 14.3 Å². The molecule has 0 fully saturated rings. The number of fused-ring (bicyclic) bond motifs is 1. The van der Waals surface area contributed by atoms with Crippen LogP contribution in [0.25, 0.3) is 10.8 Å². The van der Waals surface area contributed by atoms with Gasteiger partial charge in [0.05, 0.1) is 5.69 Å². The average molecular weight is 560 g/mol. The molecule has 0 unspecified atom stereocenters. The largest absolute Gasteiger partial charge is 0.508 e. The van der Waals surface area contributed by atoms with Crippen LogP contribution in [0.5, 0.6) is 5.75 Å². The van der Waals surface area contributed by atoms with Crippen molar-refractivity contribution in [2.24, 2.45) is 5.92 Å². The van der Waals surface area contributed by atoms with Crippen LogP contribution in [-0.4, -0.2) is 22.3 Å². The number of rotatable bonds is 8. The summed E-state index contributed by atoms with van der Waals surface area (Å²) in [4.78, 5) is 24.0. The number of hydrogen-bond acceptors (Lipinski definition) is 5. The molecule has 7 nitrogen and oxygen atoms in total. The molecule has 2 atom stereocenters. The number of benzene rings is 3. The number of allylic oxidation sites excluding steroid dienone is 1. The van der Waals surface area contributed by atoms with Crippen molar-refractivity contribution in [2.75, 3.05) is 5.32 Å². The van der Waals surface area contributed by atoms with Crippen molar-refractivity contribution in [1.82, 2.24) is 5.48 Å². The lowest BCUT2D eigenvalue weighted by Crippen LogP contribution is -2.22. The maximum atomic E-state index is 12.9. The highest BCUT2D eigenvalue weighted by atomic mass is 127. The smallest absolute Gasteiger partial charge is 0.412 e. The van der Waals surface area contributed by atoms with E-state index < -0.39 is 18.1 Å². The molecule has 0 saturated heterocycles. The lowest BCUT2D eigenvalue weighted by Gasteiger charge is -2.25. The molecule has 0 aromatic heterocycles. The van der Waals surface area contributed by atoms with Gasteiger partial charge in [0, 0.05) is 20.6 Å². The number of phenols is 1. The molecule has 0 bridgehead atoms. The Kier molecular flexibility index (Phi) is 8.67. The van der Waals surface area contributed by atoms with E-state index >= 15 is 0 Å². The highest BCUT2D eigenvalue weighted by Gasteiger charge is 2.26. The van der Waals surface area contributed by atoms with Gasteiger partial charge in [0.2, 0.25) is 0 Å². The van der Waals surface area contributed by atoms with Crippen molar-refractivity contribution in [3.05, 3.63) is 81.9 Å². The summed E-state index contributed by atoms with van der Waals surface area (Å²) in [7, 11) is 0. The first kappa shape index (κ1) is 24.5. The fraction of sp³-hybridized carbons (Fsp3) is 0.200. The lowest BCUT2D eigenvalue weighted by molar-refractivity contribution is -0.124. The number of carbonyl (C=O) groups excluding carboxylic acids is 2. The molecule has 3 rings (SSSR count). The fourth-order valence-electron chi connectivity index (χ4n) is 3.57. The third-order valence-electron chi connectivity index (χ3n) is 5.24. The number of hydrogen-bond donors (Lipinski definition) is 4. The Morgan fingerprint density at radius 1 is 1.12 bits per heavy atom. The molecule has 8 heteroatoms. The van der Waals surface area contributed by atoms with Gasteiger partial charge in [-0.3, -0.25) is 15.3 Å². The zero-order valence-electron chi connectivity index (χ0n) is 18.0. The summed E-state index contributed by atoms with van der Waals surface area (Å²) in [5.74, 6) is -0.741. The molecule has 0 aliphatic rings. The standard InChI is InChI=1S/C25H25IN2O5/c1-16(7-2-5-12-23(30)28-32)24(20-15-18(26)13-14-22(20)29)33-25(31)27-21-11-6-9-17-8-3-4-10-19(17)21/h3-6,8-16,24,29,32H,2,7H2,1H3,(H,27,31)(H,28,30)/b12-5+/t16-,24-/m1/s1. The number of halogens is 1. The third-order valence-corrected chi connectivity index (χ3v) is 5.91. The number of amides is 2. The van der Waals surface area contributed by atoms with Crippen LogP contribution in [0.3, 0.4) is 0 Å². The number of nitrogens with one attached hydrogen (secondary N) is 2. The van der Waals surface area contributed by atoms with Crippen LogP contribution < -0.4 is 10.8 Å². The minimum absolute atomic E-state index is 0.0421. The first-order valence-electron chi connectivity index (χ1n) is 10.4. The van der Waals surface area contributed by atoms with E-state index in [0.29, 0.717) is 24.1 Å². The van der Waals surface area contributed by atoms with Crippen LogP contribution in [0.4, 0.5) is 10.5 Å². The number of hydroxylamine groups is 1. The second kappa shape index (κ2) is 11.7. The molecule has 0 heterocycles. The van der Waals surface area contributed by atoms with Gasteiger partial charge in [0.1, 0.15) is 11.9 Å². The monoisotopic (exact) mass is 560 g/mol. The van der Waals surface area contributed by atoms with E-state index in [-0.39, 0.29) is 11.7 Å². The summed E-state index contributed by atoms with van der Waals surface area (Å²) in [6, 6.07) is 18.5. The van der Waals surface area contributed by atoms with Crippen molar-refractivity contribution in [1.29, 1.82) is 0 Å². The Balaban J connectivity index is 1.79. The van der Waals surface area contributed by atoms with Gasteiger partial charge < -0.3 is 9.84 Å². The maximum Gasteiger partial charge on any atom is 0.412 e. The molecule has 0 aliphatic heterocycles. The number of carbonyl (C=O) groups is 2. The summed E-state index contributed by atoms with van der Waals surface area (Å²) in [6.07, 6.45) is 2.62. The van der Waals surface area contributed by atoms with Crippen molar-refractivity contribution in [3.63, 3.8) is 0 Å². The molecule has 0 saturated carbocycles. The van der Waals surface area contributed by atoms with Crippen molar-refractivity contribution in [3.8, 4) is 5.75 Å². The van der Waals surface area contributed by atoms with Gasteiger partial charge >= 0.3 is 6.09 Å². The molecule has 33 heavy (non-hydrogen) atoms. The van der Waals surface area contributed by atoms with Crippen LogP contribution in [0.2, 0.25) is 0 Å². The fourth-order valence-corrected chi connectivity index (χ4v) is 4.08. The van der Waals surface area contributed by atoms with Gasteiger partial charge in [0.15, 0.2) is 0 Å². The minimum Gasteiger partial charge on any atom is -0.508 e. The molecule has 172 valence electrons. The molecule has 0 spiro atoms. The van der Waals surface area contributed by atoms with Crippen molar-refractivity contribution < 1.29 is 24.6 Å². The second-order valence-corrected chi connectivity index (χ2v) is 8.86. The molecule has 3 aromatic rings.